The smallest absolute Gasteiger partial charge is 0.239 e. The molecule has 0 aliphatic carbocycles. The van der Waals surface area contributed by atoms with E-state index in [1.165, 1.54) is 11.1 Å². The van der Waals surface area contributed by atoms with Crippen molar-refractivity contribution in [3.63, 3.8) is 0 Å². The van der Waals surface area contributed by atoms with Gasteiger partial charge in [-0.05, 0) is 25.3 Å². The van der Waals surface area contributed by atoms with Gasteiger partial charge in [-0.3, -0.25) is 4.79 Å². The van der Waals surface area contributed by atoms with E-state index in [9.17, 15) is 4.79 Å². The first-order chi connectivity index (χ1) is 7.66. The van der Waals surface area contributed by atoms with Crippen LogP contribution in [0.5, 0.6) is 0 Å². The predicted octanol–water partition coefficient (Wildman–Crippen LogP) is 1.44. The fraction of sp³-hybridized carbons (Fsp3) is 0.462. The van der Waals surface area contributed by atoms with Crippen molar-refractivity contribution in [3.05, 3.63) is 35.4 Å². The van der Waals surface area contributed by atoms with E-state index in [1.807, 2.05) is 4.90 Å². The van der Waals surface area contributed by atoms with E-state index in [1.54, 1.807) is 0 Å². The zero-order valence-electron chi connectivity index (χ0n) is 9.65. The highest BCUT2D eigenvalue weighted by molar-refractivity contribution is 5.82. The zero-order valence-corrected chi connectivity index (χ0v) is 9.65. The molecule has 2 rings (SSSR count). The van der Waals surface area contributed by atoms with Crippen molar-refractivity contribution < 1.29 is 4.79 Å². The van der Waals surface area contributed by atoms with Crippen molar-refractivity contribution in [1.29, 1.82) is 0 Å². The highest BCUT2D eigenvalue weighted by Gasteiger charge is 2.25. The summed E-state index contributed by atoms with van der Waals surface area (Å²) in [7, 11) is 0. The maximum Gasteiger partial charge on any atom is 0.239 e. The second-order valence-electron chi connectivity index (χ2n) is 4.49. The number of hydrogen-bond donors (Lipinski definition) is 1. The summed E-state index contributed by atoms with van der Waals surface area (Å²) < 4.78 is 0. The van der Waals surface area contributed by atoms with Gasteiger partial charge in [-0.25, -0.2) is 0 Å². The Balaban J connectivity index is 2.03. The molecule has 0 aromatic heterocycles. The van der Waals surface area contributed by atoms with Crippen molar-refractivity contribution in [2.24, 2.45) is 5.73 Å². The summed E-state index contributed by atoms with van der Waals surface area (Å²) in [6.07, 6.45) is 1.84. The van der Waals surface area contributed by atoms with Crippen LogP contribution in [0.4, 0.5) is 0 Å². The molecule has 86 valence electrons. The summed E-state index contributed by atoms with van der Waals surface area (Å²) in [5.41, 5.74) is 8.17. The highest BCUT2D eigenvalue weighted by atomic mass is 16.2. The maximum atomic E-state index is 11.8. The van der Waals surface area contributed by atoms with Gasteiger partial charge in [0.1, 0.15) is 0 Å². The van der Waals surface area contributed by atoms with E-state index in [0.717, 1.165) is 19.4 Å². The van der Waals surface area contributed by atoms with Crippen LogP contribution in [0.15, 0.2) is 24.3 Å². The first-order valence-corrected chi connectivity index (χ1v) is 5.77. The molecule has 0 spiro atoms. The van der Waals surface area contributed by atoms with Gasteiger partial charge >= 0.3 is 0 Å². The van der Waals surface area contributed by atoms with E-state index in [0.29, 0.717) is 6.54 Å². The Morgan fingerprint density at radius 1 is 1.38 bits per heavy atom. The summed E-state index contributed by atoms with van der Waals surface area (Å²) in [5, 5.41) is 0. The van der Waals surface area contributed by atoms with Crippen LogP contribution >= 0.6 is 0 Å². The van der Waals surface area contributed by atoms with E-state index < -0.39 is 0 Å². The SMILES string of the molecule is Cc1ccc(CN2CCCC(N)C2=O)cc1. The van der Waals surface area contributed by atoms with E-state index >= 15 is 0 Å². The molecule has 3 heteroatoms. The Hall–Kier alpha value is -1.35. The molecule has 16 heavy (non-hydrogen) atoms. The number of rotatable bonds is 2. The molecule has 1 unspecified atom stereocenters. The second kappa shape index (κ2) is 4.66. The lowest BCUT2D eigenvalue weighted by Gasteiger charge is -2.30. The van der Waals surface area contributed by atoms with Crippen LogP contribution in [0.2, 0.25) is 0 Å². The minimum atomic E-state index is -0.292. The molecular weight excluding hydrogens is 200 g/mol. The number of piperidine rings is 1. The molecule has 1 saturated heterocycles. The Morgan fingerprint density at radius 2 is 2.06 bits per heavy atom. The molecular formula is C13H18N2O. The molecule has 1 atom stereocenters. The Labute approximate surface area is 96.2 Å². The number of aryl methyl sites for hydroxylation is 1. The van der Waals surface area contributed by atoms with Gasteiger partial charge < -0.3 is 10.6 Å². The molecule has 0 radical (unpaired) electrons. The summed E-state index contributed by atoms with van der Waals surface area (Å²) >= 11 is 0. The second-order valence-corrected chi connectivity index (χ2v) is 4.49. The van der Waals surface area contributed by atoms with Crippen molar-refractivity contribution >= 4 is 5.91 Å². The summed E-state index contributed by atoms with van der Waals surface area (Å²) in [6.45, 7) is 3.58. The van der Waals surface area contributed by atoms with Gasteiger partial charge in [0, 0.05) is 13.1 Å². The topological polar surface area (TPSA) is 46.3 Å². The van der Waals surface area contributed by atoms with Crippen molar-refractivity contribution in [2.75, 3.05) is 6.54 Å². The molecule has 0 bridgehead atoms. The molecule has 2 N–H and O–H groups in total. The largest absolute Gasteiger partial charge is 0.337 e. The van der Waals surface area contributed by atoms with Gasteiger partial charge in [0.2, 0.25) is 5.91 Å². The minimum absolute atomic E-state index is 0.0897. The molecule has 1 heterocycles. The van der Waals surface area contributed by atoms with Crippen LogP contribution in [-0.2, 0) is 11.3 Å². The standard InChI is InChI=1S/C13H18N2O/c1-10-4-6-11(7-5-10)9-15-8-2-3-12(14)13(15)16/h4-7,12H,2-3,8-9,14H2,1H3. The van der Waals surface area contributed by atoms with Crippen molar-refractivity contribution in [2.45, 2.75) is 32.4 Å². The predicted molar refractivity (Wildman–Crippen MR) is 63.8 cm³/mol. The van der Waals surface area contributed by atoms with Crippen LogP contribution in [0.1, 0.15) is 24.0 Å². The molecule has 1 fully saturated rings. The monoisotopic (exact) mass is 218 g/mol. The lowest BCUT2D eigenvalue weighted by molar-refractivity contribution is -0.135. The van der Waals surface area contributed by atoms with E-state index in [4.69, 9.17) is 5.73 Å². The van der Waals surface area contributed by atoms with Gasteiger partial charge in [0.15, 0.2) is 0 Å². The average molecular weight is 218 g/mol. The van der Waals surface area contributed by atoms with Gasteiger partial charge in [0.25, 0.3) is 0 Å². The van der Waals surface area contributed by atoms with Crippen LogP contribution < -0.4 is 5.73 Å². The first kappa shape index (κ1) is 11.1. The number of carbonyl (C=O) groups excluding carboxylic acids is 1. The van der Waals surface area contributed by atoms with Gasteiger partial charge in [-0.15, -0.1) is 0 Å². The quantitative estimate of drug-likeness (QED) is 0.816. The molecule has 1 aromatic rings. The van der Waals surface area contributed by atoms with Crippen LogP contribution in [0.3, 0.4) is 0 Å². The van der Waals surface area contributed by atoms with Gasteiger partial charge in [0.05, 0.1) is 6.04 Å². The lowest BCUT2D eigenvalue weighted by Crippen LogP contribution is -2.47. The minimum Gasteiger partial charge on any atom is -0.337 e. The normalized spacial score (nSPS) is 21.2. The molecule has 1 aliphatic rings. The number of amides is 1. The Bertz CT molecular complexity index is 372. The number of hydrogen-bond acceptors (Lipinski definition) is 2. The number of nitrogens with zero attached hydrogens (tertiary/aromatic N) is 1. The van der Waals surface area contributed by atoms with Crippen LogP contribution in [0.25, 0.3) is 0 Å². The Morgan fingerprint density at radius 3 is 2.75 bits per heavy atom. The van der Waals surface area contributed by atoms with Crippen molar-refractivity contribution in [1.82, 2.24) is 4.90 Å². The van der Waals surface area contributed by atoms with Gasteiger partial charge in [-0.1, -0.05) is 29.8 Å². The molecule has 1 aliphatic heterocycles. The summed E-state index contributed by atoms with van der Waals surface area (Å²) in [5.74, 6) is 0.0897. The third-order valence-corrected chi connectivity index (χ3v) is 3.07. The lowest BCUT2D eigenvalue weighted by atomic mass is 10.0. The van der Waals surface area contributed by atoms with Crippen LogP contribution in [-0.4, -0.2) is 23.4 Å². The number of likely N-dealkylation sites (tertiary alicyclic amines) is 1. The summed E-state index contributed by atoms with van der Waals surface area (Å²) in [4.78, 5) is 13.7. The highest BCUT2D eigenvalue weighted by Crippen LogP contribution is 2.14. The number of benzene rings is 1. The maximum absolute atomic E-state index is 11.8. The number of nitrogens with two attached hydrogens (primary N) is 1. The third kappa shape index (κ3) is 2.42. The van der Waals surface area contributed by atoms with E-state index in [-0.39, 0.29) is 11.9 Å². The van der Waals surface area contributed by atoms with Crippen LogP contribution in [0, 0.1) is 6.92 Å². The first-order valence-electron chi connectivity index (χ1n) is 5.77. The average Bonchev–Trinajstić information content (AvgIpc) is 2.28. The Kier molecular flexibility index (Phi) is 3.25. The van der Waals surface area contributed by atoms with E-state index in [2.05, 4.69) is 31.2 Å². The molecule has 1 amide bonds. The zero-order chi connectivity index (χ0) is 11.5. The fourth-order valence-corrected chi connectivity index (χ4v) is 2.04. The fourth-order valence-electron chi connectivity index (χ4n) is 2.04. The number of carbonyl (C=O) groups is 1. The van der Waals surface area contributed by atoms with Crippen molar-refractivity contribution in [3.8, 4) is 0 Å². The summed E-state index contributed by atoms with van der Waals surface area (Å²) in [6, 6.07) is 8.00. The third-order valence-electron chi connectivity index (χ3n) is 3.07. The molecule has 1 aromatic carbocycles. The van der Waals surface area contributed by atoms with Gasteiger partial charge in [-0.2, -0.15) is 0 Å². The molecule has 0 saturated carbocycles. The molecule has 3 nitrogen and oxygen atoms in total.